The maximum Gasteiger partial charge on any atom is 0.337 e. The molecule has 1 fully saturated rings. The molecule has 1 N–H and O–H groups in total. The average Bonchev–Trinajstić information content (AvgIpc) is 2.78. The molecule has 8 nitrogen and oxygen atoms in total. The number of anilines is 2. The fourth-order valence-electron chi connectivity index (χ4n) is 3.64. The molecule has 1 aliphatic rings. The molecule has 2 aromatic rings. The summed E-state index contributed by atoms with van der Waals surface area (Å²) in [5, 5.41) is 2.77. The van der Waals surface area contributed by atoms with Gasteiger partial charge in [0.25, 0.3) is 0 Å². The third kappa shape index (κ3) is 5.61. The molecule has 0 bridgehead atoms. The van der Waals surface area contributed by atoms with E-state index in [0.717, 1.165) is 26.2 Å². The molecule has 0 aromatic heterocycles. The molecule has 1 amide bonds. The zero-order chi connectivity index (χ0) is 22.4. The molecule has 0 unspecified atom stereocenters. The van der Waals surface area contributed by atoms with Gasteiger partial charge in [-0.05, 0) is 36.8 Å². The van der Waals surface area contributed by atoms with Crippen molar-refractivity contribution in [1.29, 1.82) is 0 Å². The summed E-state index contributed by atoms with van der Waals surface area (Å²) in [5.74, 6) is -1.43. The number of nitrogens with one attached hydrogen (secondary N) is 1. The van der Waals surface area contributed by atoms with Crippen molar-refractivity contribution in [2.45, 2.75) is 6.92 Å². The van der Waals surface area contributed by atoms with E-state index >= 15 is 0 Å². The van der Waals surface area contributed by atoms with Crippen molar-refractivity contribution in [3.05, 3.63) is 59.2 Å². The van der Waals surface area contributed by atoms with Gasteiger partial charge in [0.2, 0.25) is 5.91 Å². The Kier molecular flexibility index (Phi) is 7.25. The van der Waals surface area contributed by atoms with E-state index in [2.05, 4.69) is 34.2 Å². The van der Waals surface area contributed by atoms with Gasteiger partial charge in [-0.15, -0.1) is 0 Å². The molecule has 1 aliphatic heterocycles. The molecule has 0 aliphatic carbocycles. The van der Waals surface area contributed by atoms with E-state index in [4.69, 9.17) is 9.47 Å². The summed E-state index contributed by atoms with van der Waals surface area (Å²) in [6.07, 6.45) is 0. The summed E-state index contributed by atoms with van der Waals surface area (Å²) in [6.45, 7) is 5.51. The number of para-hydroxylation sites is 1. The predicted octanol–water partition coefficient (Wildman–Crippen LogP) is 2.33. The SMILES string of the molecule is COC(=O)c1cc(NC(=O)CN2CCN(c3ccccc3C)CC2)cc(C(=O)OC)c1. The average molecular weight is 425 g/mol. The highest BCUT2D eigenvalue weighted by molar-refractivity contribution is 5.99. The Balaban J connectivity index is 1.61. The number of nitrogens with zero attached hydrogens (tertiary/aromatic N) is 2. The number of aryl methyl sites for hydroxylation is 1. The summed E-state index contributed by atoms with van der Waals surface area (Å²) in [6, 6.07) is 12.6. The van der Waals surface area contributed by atoms with Crippen LogP contribution in [0.4, 0.5) is 11.4 Å². The maximum absolute atomic E-state index is 12.6. The smallest absolute Gasteiger partial charge is 0.337 e. The van der Waals surface area contributed by atoms with Crippen LogP contribution in [0.1, 0.15) is 26.3 Å². The molecule has 0 radical (unpaired) electrons. The number of methoxy groups -OCH3 is 2. The van der Waals surface area contributed by atoms with E-state index in [0.29, 0.717) is 5.69 Å². The van der Waals surface area contributed by atoms with Gasteiger partial charge >= 0.3 is 11.9 Å². The second-order valence-electron chi connectivity index (χ2n) is 7.38. The molecule has 1 saturated heterocycles. The highest BCUT2D eigenvalue weighted by atomic mass is 16.5. The van der Waals surface area contributed by atoms with Crippen molar-refractivity contribution >= 4 is 29.2 Å². The summed E-state index contributed by atoms with van der Waals surface area (Å²) < 4.78 is 9.45. The number of benzene rings is 2. The monoisotopic (exact) mass is 425 g/mol. The van der Waals surface area contributed by atoms with Gasteiger partial charge in [-0.3, -0.25) is 9.69 Å². The molecular formula is C23H27N3O5. The van der Waals surface area contributed by atoms with Crippen LogP contribution >= 0.6 is 0 Å². The first-order valence-electron chi connectivity index (χ1n) is 10.1. The zero-order valence-electron chi connectivity index (χ0n) is 18.0. The Morgan fingerprint density at radius 1 is 0.903 bits per heavy atom. The van der Waals surface area contributed by atoms with Crippen molar-refractivity contribution < 1.29 is 23.9 Å². The number of rotatable bonds is 6. The third-order valence-electron chi connectivity index (χ3n) is 5.25. The van der Waals surface area contributed by atoms with E-state index in [1.165, 1.54) is 43.7 Å². The lowest BCUT2D eigenvalue weighted by Gasteiger charge is -2.36. The number of piperazine rings is 1. The third-order valence-corrected chi connectivity index (χ3v) is 5.25. The lowest BCUT2D eigenvalue weighted by molar-refractivity contribution is -0.117. The van der Waals surface area contributed by atoms with Crippen molar-refractivity contribution in [1.82, 2.24) is 4.90 Å². The maximum atomic E-state index is 12.6. The van der Waals surface area contributed by atoms with Gasteiger partial charge in [0.15, 0.2) is 0 Å². The van der Waals surface area contributed by atoms with E-state index in [1.54, 1.807) is 0 Å². The van der Waals surface area contributed by atoms with Gasteiger partial charge in [-0.2, -0.15) is 0 Å². The Labute approximate surface area is 181 Å². The van der Waals surface area contributed by atoms with Gasteiger partial charge in [0, 0.05) is 37.6 Å². The van der Waals surface area contributed by atoms with Crippen molar-refractivity contribution in [2.75, 3.05) is 57.2 Å². The molecule has 2 aromatic carbocycles. The standard InChI is InChI=1S/C23H27N3O5/c1-16-6-4-5-7-20(16)26-10-8-25(9-11-26)15-21(27)24-19-13-17(22(28)30-2)12-18(14-19)23(29)31-3/h4-7,12-14H,8-11,15H2,1-3H3,(H,24,27). The number of carbonyl (C=O) groups is 3. The molecule has 3 rings (SSSR count). The van der Waals surface area contributed by atoms with E-state index < -0.39 is 11.9 Å². The number of hydrogen-bond donors (Lipinski definition) is 1. The van der Waals surface area contributed by atoms with Crippen LogP contribution in [-0.4, -0.2) is 69.7 Å². The van der Waals surface area contributed by atoms with Crippen molar-refractivity contribution in [3.63, 3.8) is 0 Å². The number of esters is 2. The largest absolute Gasteiger partial charge is 0.465 e. The molecule has 0 spiro atoms. The van der Waals surface area contributed by atoms with Gasteiger partial charge in [-0.25, -0.2) is 9.59 Å². The van der Waals surface area contributed by atoms with Crippen molar-refractivity contribution in [3.8, 4) is 0 Å². The molecule has 31 heavy (non-hydrogen) atoms. The van der Waals surface area contributed by atoms with Crippen LogP contribution in [0.2, 0.25) is 0 Å². The second kappa shape index (κ2) is 10.1. The molecule has 164 valence electrons. The van der Waals surface area contributed by atoms with Crippen LogP contribution in [0.5, 0.6) is 0 Å². The molecular weight excluding hydrogens is 398 g/mol. The molecule has 0 saturated carbocycles. The highest BCUT2D eigenvalue weighted by Crippen LogP contribution is 2.21. The molecule has 8 heteroatoms. The molecule has 0 atom stereocenters. The summed E-state index contributed by atoms with van der Waals surface area (Å²) in [5.41, 5.74) is 3.12. The number of amides is 1. The minimum atomic E-state index is -0.603. The highest BCUT2D eigenvalue weighted by Gasteiger charge is 2.21. The van der Waals surface area contributed by atoms with E-state index in [-0.39, 0.29) is 23.6 Å². The quantitative estimate of drug-likeness (QED) is 0.711. The molecule has 1 heterocycles. The first kappa shape index (κ1) is 22.3. The Morgan fingerprint density at radius 2 is 1.48 bits per heavy atom. The lowest BCUT2D eigenvalue weighted by atomic mass is 10.1. The Bertz CT molecular complexity index is 933. The fraction of sp³-hybridized carbons (Fsp3) is 0.348. The summed E-state index contributed by atoms with van der Waals surface area (Å²) >= 11 is 0. The van der Waals surface area contributed by atoms with E-state index in [9.17, 15) is 14.4 Å². The Hall–Kier alpha value is -3.39. The van der Waals surface area contributed by atoms with Crippen LogP contribution < -0.4 is 10.2 Å². The fourth-order valence-corrected chi connectivity index (χ4v) is 3.64. The van der Waals surface area contributed by atoms with Crippen LogP contribution in [0.25, 0.3) is 0 Å². The topological polar surface area (TPSA) is 88.2 Å². The minimum absolute atomic E-state index is 0.160. The van der Waals surface area contributed by atoms with Gasteiger partial charge in [0.1, 0.15) is 0 Å². The summed E-state index contributed by atoms with van der Waals surface area (Å²) in [7, 11) is 2.50. The van der Waals surface area contributed by atoms with Gasteiger partial charge < -0.3 is 19.7 Å². The predicted molar refractivity (Wildman–Crippen MR) is 118 cm³/mol. The summed E-state index contributed by atoms with van der Waals surface area (Å²) in [4.78, 5) is 40.8. The van der Waals surface area contributed by atoms with Crippen LogP contribution in [0.3, 0.4) is 0 Å². The van der Waals surface area contributed by atoms with E-state index in [1.807, 2.05) is 12.1 Å². The second-order valence-corrected chi connectivity index (χ2v) is 7.38. The lowest BCUT2D eigenvalue weighted by Crippen LogP contribution is -2.48. The first-order chi connectivity index (χ1) is 14.9. The Morgan fingerprint density at radius 3 is 2.03 bits per heavy atom. The number of ether oxygens (including phenoxy) is 2. The van der Waals surface area contributed by atoms with Crippen LogP contribution in [0, 0.1) is 6.92 Å². The van der Waals surface area contributed by atoms with Gasteiger partial charge in [0.05, 0.1) is 31.9 Å². The minimum Gasteiger partial charge on any atom is -0.465 e. The van der Waals surface area contributed by atoms with Crippen LogP contribution in [0.15, 0.2) is 42.5 Å². The van der Waals surface area contributed by atoms with Gasteiger partial charge in [-0.1, -0.05) is 18.2 Å². The number of hydrogen-bond acceptors (Lipinski definition) is 7. The zero-order valence-corrected chi connectivity index (χ0v) is 18.0. The normalized spacial score (nSPS) is 14.1. The van der Waals surface area contributed by atoms with Crippen molar-refractivity contribution in [2.24, 2.45) is 0 Å². The van der Waals surface area contributed by atoms with Crippen LogP contribution in [-0.2, 0) is 14.3 Å². The first-order valence-corrected chi connectivity index (χ1v) is 10.1. The number of carbonyl (C=O) groups excluding carboxylic acids is 3.